The van der Waals surface area contributed by atoms with E-state index in [1.54, 1.807) is 13.8 Å². The van der Waals surface area contributed by atoms with Crippen molar-refractivity contribution in [2.24, 2.45) is 17.3 Å². The second-order valence-corrected chi connectivity index (χ2v) is 17.8. The fourth-order valence-electron chi connectivity index (χ4n) is 8.17. The van der Waals surface area contributed by atoms with E-state index in [0.29, 0.717) is 33.1 Å². The number of carbonyl (C=O) groups excluding carboxylic acids is 6. The third-order valence-corrected chi connectivity index (χ3v) is 12.6. The van der Waals surface area contributed by atoms with Crippen LogP contribution in [0.25, 0.3) is 6.08 Å². The van der Waals surface area contributed by atoms with Gasteiger partial charge in [-0.2, -0.15) is 0 Å². The number of cyclic esters (lactones) is 1. The number of carbonyl (C=O) groups is 6. The van der Waals surface area contributed by atoms with Gasteiger partial charge in [-0.05, 0) is 71.4 Å². The smallest absolute Gasteiger partial charge is 0.306 e. The highest BCUT2D eigenvalue weighted by Crippen LogP contribution is 2.48. The highest BCUT2D eigenvalue weighted by atomic mass is 32.1. The lowest BCUT2D eigenvalue weighted by molar-refractivity contribution is -0.361. The van der Waals surface area contributed by atoms with E-state index in [2.05, 4.69) is 11.9 Å². The third kappa shape index (κ3) is 8.69. The maximum absolute atomic E-state index is 13.3. The van der Waals surface area contributed by atoms with Gasteiger partial charge in [0.15, 0.2) is 53.3 Å². The van der Waals surface area contributed by atoms with Crippen molar-refractivity contribution in [1.82, 2.24) is 4.98 Å². The van der Waals surface area contributed by atoms with Gasteiger partial charge in [0.1, 0.15) is 29.6 Å². The van der Waals surface area contributed by atoms with Crippen molar-refractivity contribution in [2.45, 2.75) is 167 Å². The monoisotopic (exact) mass is 839 g/mol. The number of ketones is 5. The molecule has 6 N–H and O–H groups in total. The second-order valence-electron chi connectivity index (χ2n) is 16.8. The molecule has 3 saturated heterocycles. The number of aliphatic hydroxyl groups is 6. The molecule has 18 heteroatoms. The number of aromatic nitrogens is 1. The van der Waals surface area contributed by atoms with Gasteiger partial charge in [-0.25, -0.2) is 4.98 Å². The minimum atomic E-state index is -3.69. The highest BCUT2D eigenvalue weighted by molar-refractivity contribution is 7.09. The molecule has 324 valence electrons. The van der Waals surface area contributed by atoms with Crippen LogP contribution in [0.4, 0.5) is 0 Å². The van der Waals surface area contributed by atoms with Gasteiger partial charge >= 0.3 is 5.97 Å². The number of epoxide rings is 1. The number of rotatable bonds is 10. The van der Waals surface area contributed by atoms with Crippen LogP contribution >= 0.6 is 11.3 Å². The molecule has 0 spiro atoms. The molecule has 0 bridgehead atoms. The van der Waals surface area contributed by atoms with Gasteiger partial charge in [0.2, 0.25) is 17.0 Å². The topological polar surface area (TPSA) is 277 Å². The Hall–Kier alpha value is -3.17. The molecule has 1 aromatic rings. The largest absolute Gasteiger partial charge is 0.455 e. The summed E-state index contributed by atoms with van der Waals surface area (Å²) in [6, 6.07) is 0. The molecular weight excluding hydrogens is 782 g/mol. The fourth-order valence-corrected chi connectivity index (χ4v) is 8.84. The SMILES string of the molecule is CC(=O)[C@]1(O)[C@@](O)(C(C)=O)[C@@H](C(=O)C(C)O)O[C@H](OCc2nc(C=C(C)C3OC(=O)CCC(C)(C)C(=O)C(C)CC(C)CCCC4OC4(O)C3O)cs2)[C@@]1(O)C(C)=O. The summed E-state index contributed by atoms with van der Waals surface area (Å²) in [5, 5.41) is 69.3. The fraction of sp³-hybridized carbons (Fsp3) is 0.725. The van der Waals surface area contributed by atoms with Gasteiger partial charge < -0.3 is 49.6 Å². The summed E-state index contributed by atoms with van der Waals surface area (Å²) in [7, 11) is 0. The Morgan fingerprint density at radius 3 is 2.19 bits per heavy atom. The molecule has 3 fully saturated rings. The number of hydrogen-bond donors (Lipinski definition) is 6. The molecule has 12 atom stereocenters. The number of ether oxygens (including phenoxy) is 4. The van der Waals surface area contributed by atoms with E-state index in [1.165, 1.54) is 18.4 Å². The Labute approximate surface area is 340 Å². The number of Topliss-reactive ketones (excluding diaryl/α,β-unsaturated/α-hetero) is 5. The predicted octanol–water partition coefficient (Wildman–Crippen LogP) is 1.28. The average Bonchev–Trinajstić information content (AvgIpc) is 3.59. The minimum absolute atomic E-state index is 0.0383. The Bertz CT molecular complexity index is 1810. The highest BCUT2D eigenvalue weighted by Gasteiger charge is 2.79. The molecule has 0 saturated carbocycles. The number of nitrogens with zero attached hydrogens (tertiary/aromatic N) is 1. The lowest BCUT2D eigenvalue weighted by atomic mass is 9.60. The molecule has 4 rings (SSSR count). The van der Waals surface area contributed by atoms with Crippen LogP contribution in [0.15, 0.2) is 11.0 Å². The van der Waals surface area contributed by atoms with Crippen LogP contribution in [-0.2, 0) is 54.3 Å². The zero-order valence-corrected chi connectivity index (χ0v) is 35.2. The first-order valence-corrected chi connectivity index (χ1v) is 20.2. The molecule has 1 aromatic heterocycles. The lowest BCUT2D eigenvalue weighted by Crippen LogP contribution is -2.87. The van der Waals surface area contributed by atoms with Crippen molar-refractivity contribution >= 4 is 52.3 Å². The van der Waals surface area contributed by atoms with Crippen molar-refractivity contribution in [2.75, 3.05) is 0 Å². The molecule has 0 aliphatic carbocycles. The molecule has 0 aromatic carbocycles. The van der Waals surface area contributed by atoms with E-state index in [9.17, 15) is 59.4 Å². The summed E-state index contributed by atoms with van der Waals surface area (Å²) in [5.74, 6) is -8.34. The number of esters is 1. The van der Waals surface area contributed by atoms with Gasteiger partial charge in [0, 0.05) is 23.1 Å². The first-order valence-electron chi connectivity index (χ1n) is 19.3. The molecule has 4 heterocycles. The normalized spacial score (nSPS) is 38.3. The summed E-state index contributed by atoms with van der Waals surface area (Å²) in [4.78, 5) is 82.9. The van der Waals surface area contributed by atoms with Crippen LogP contribution in [0.3, 0.4) is 0 Å². The van der Waals surface area contributed by atoms with Crippen LogP contribution in [-0.4, -0.2) is 130 Å². The molecular formula is C40H57NO16S. The van der Waals surface area contributed by atoms with E-state index in [0.717, 1.165) is 31.6 Å². The Morgan fingerprint density at radius 2 is 1.62 bits per heavy atom. The summed E-state index contributed by atoms with van der Waals surface area (Å²) in [5.41, 5.74) is -11.0. The third-order valence-electron chi connectivity index (χ3n) is 11.8. The second kappa shape index (κ2) is 17.4. The Balaban J connectivity index is 1.62. The zero-order chi connectivity index (χ0) is 43.9. The van der Waals surface area contributed by atoms with Crippen LogP contribution in [0.2, 0.25) is 0 Å². The van der Waals surface area contributed by atoms with Crippen LogP contribution in [0, 0.1) is 17.3 Å². The van der Waals surface area contributed by atoms with E-state index in [-0.39, 0.29) is 46.7 Å². The molecule has 0 amide bonds. The molecule has 3 aliphatic rings. The Morgan fingerprint density at radius 1 is 1.00 bits per heavy atom. The maximum Gasteiger partial charge on any atom is 0.306 e. The van der Waals surface area contributed by atoms with Crippen molar-refractivity contribution in [1.29, 1.82) is 0 Å². The minimum Gasteiger partial charge on any atom is -0.455 e. The van der Waals surface area contributed by atoms with Gasteiger partial charge in [-0.3, -0.25) is 28.8 Å². The van der Waals surface area contributed by atoms with E-state index < -0.39 is 101 Å². The van der Waals surface area contributed by atoms with E-state index >= 15 is 0 Å². The van der Waals surface area contributed by atoms with Gasteiger partial charge in [-0.15, -0.1) is 11.3 Å². The average molecular weight is 840 g/mol. The van der Waals surface area contributed by atoms with Gasteiger partial charge in [-0.1, -0.05) is 40.5 Å². The predicted molar refractivity (Wildman–Crippen MR) is 203 cm³/mol. The lowest BCUT2D eigenvalue weighted by Gasteiger charge is -2.57. The molecule has 17 nitrogen and oxygen atoms in total. The number of hydrogen-bond acceptors (Lipinski definition) is 18. The van der Waals surface area contributed by atoms with Crippen molar-refractivity contribution in [3.05, 3.63) is 21.7 Å². The van der Waals surface area contributed by atoms with Crippen LogP contribution in [0.1, 0.15) is 112 Å². The van der Waals surface area contributed by atoms with Crippen molar-refractivity contribution < 1.29 is 78.4 Å². The molecule has 3 aliphatic heterocycles. The summed E-state index contributed by atoms with van der Waals surface area (Å²) < 4.78 is 22.5. The molecule has 0 radical (unpaired) electrons. The summed E-state index contributed by atoms with van der Waals surface area (Å²) >= 11 is 0.975. The van der Waals surface area contributed by atoms with Crippen molar-refractivity contribution in [3.63, 3.8) is 0 Å². The first kappa shape index (κ1) is 47.5. The standard InChI is InChI=1S/C40H57NO16S/c1-19-11-10-12-27-39(52,57-27)33(49)31(55-29(46)13-14-36(8,9)32(48)21(3)15-19)20(2)16-26-18-58-28(41-26)17-54-35-38(51,24(6)44)40(53,25(7)45)37(50,23(5)43)34(56-35)30(47)22(4)42/h16,18-19,21-22,27,31,33-35,42,49-53H,10-15,17H2,1-9H3/t19?,21?,22?,27?,31?,33?,34-,35+,37-,38+,39?,40+/m1/s1. The van der Waals surface area contributed by atoms with E-state index in [4.69, 9.17) is 18.9 Å². The number of fused-ring (bicyclic) bond motifs is 1. The quantitative estimate of drug-likeness (QED) is 0.143. The number of thiazole rings is 1. The molecule has 58 heavy (non-hydrogen) atoms. The van der Waals surface area contributed by atoms with Gasteiger partial charge in [0.25, 0.3) is 0 Å². The summed E-state index contributed by atoms with van der Waals surface area (Å²) in [6.45, 7) is 11.5. The molecule has 7 unspecified atom stereocenters. The zero-order valence-electron chi connectivity index (χ0n) is 34.3. The van der Waals surface area contributed by atoms with Crippen LogP contribution < -0.4 is 0 Å². The van der Waals surface area contributed by atoms with Crippen LogP contribution in [0.5, 0.6) is 0 Å². The van der Waals surface area contributed by atoms with Gasteiger partial charge in [0.05, 0.1) is 5.69 Å². The first-order chi connectivity index (χ1) is 26.7. The van der Waals surface area contributed by atoms with Crippen molar-refractivity contribution in [3.8, 4) is 0 Å². The number of aliphatic hydroxyl groups excluding tert-OH is 2. The maximum atomic E-state index is 13.3. The summed E-state index contributed by atoms with van der Waals surface area (Å²) in [6.07, 6.45) is -6.59. The van der Waals surface area contributed by atoms with E-state index in [1.807, 2.05) is 6.92 Å². The Kier molecular flexibility index (Phi) is 14.3.